The Morgan fingerprint density at radius 2 is 2.12 bits per heavy atom. The molecule has 2 heterocycles. The van der Waals surface area contributed by atoms with Crippen LogP contribution in [0.4, 0.5) is 11.5 Å². The van der Waals surface area contributed by atoms with E-state index in [1.165, 1.54) is 16.9 Å². The third-order valence-electron chi connectivity index (χ3n) is 3.98. The van der Waals surface area contributed by atoms with E-state index in [1.54, 1.807) is 6.92 Å². The Hall–Kier alpha value is -3.49. The monoisotopic (exact) mass is 355 g/mol. The molecule has 134 valence electrons. The zero-order valence-electron chi connectivity index (χ0n) is 14.3. The Labute approximate surface area is 148 Å². The summed E-state index contributed by atoms with van der Waals surface area (Å²) in [4.78, 5) is 22.8. The van der Waals surface area contributed by atoms with E-state index in [0.29, 0.717) is 17.0 Å². The number of amides is 1. The molecule has 2 aromatic heterocycles. The average Bonchev–Trinajstić information content (AvgIpc) is 3.23. The SMILES string of the molecule is CCc1ccccc1NC(=O)c1noc(C)c1Cn1ccc([N+](=O)[O-])n1. The molecule has 0 unspecified atom stereocenters. The first-order valence-electron chi connectivity index (χ1n) is 8.01. The van der Waals surface area contributed by atoms with Gasteiger partial charge in [0.25, 0.3) is 5.91 Å². The van der Waals surface area contributed by atoms with Crippen molar-refractivity contribution in [3.8, 4) is 0 Å². The highest BCUT2D eigenvalue weighted by Gasteiger charge is 2.22. The molecule has 26 heavy (non-hydrogen) atoms. The van der Waals surface area contributed by atoms with Gasteiger partial charge in [-0.05, 0) is 29.9 Å². The molecule has 0 saturated carbocycles. The highest BCUT2D eigenvalue weighted by Crippen LogP contribution is 2.20. The third kappa shape index (κ3) is 3.46. The first-order chi connectivity index (χ1) is 12.5. The van der Waals surface area contributed by atoms with Crippen LogP contribution in [0.3, 0.4) is 0 Å². The second-order valence-corrected chi connectivity index (χ2v) is 5.66. The maximum atomic E-state index is 12.6. The number of nitrogens with one attached hydrogen (secondary N) is 1. The van der Waals surface area contributed by atoms with Crippen LogP contribution < -0.4 is 5.32 Å². The summed E-state index contributed by atoms with van der Waals surface area (Å²) in [5.74, 6) is -0.210. The second-order valence-electron chi connectivity index (χ2n) is 5.66. The van der Waals surface area contributed by atoms with Crippen molar-refractivity contribution in [3.63, 3.8) is 0 Å². The molecule has 0 bridgehead atoms. The number of nitrogens with zero attached hydrogens (tertiary/aromatic N) is 4. The van der Waals surface area contributed by atoms with Gasteiger partial charge in [-0.25, -0.2) is 0 Å². The van der Waals surface area contributed by atoms with E-state index in [1.807, 2.05) is 31.2 Å². The predicted molar refractivity (Wildman–Crippen MR) is 93.0 cm³/mol. The van der Waals surface area contributed by atoms with Gasteiger partial charge in [0, 0.05) is 5.69 Å². The minimum atomic E-state index is -0.577. The fourth-order valence-electron chi connectivity index (χ4n) is 2.59. The lowest BCUT2D eigenvalue weighted by molar-refractivity contribution is -0.389. The van der Waals surface area contributed by atoms with Gasteiger partial charge in [-0.15, -0.1) is 0 Å². The number of rotatable bonds is 6. The van der Waals surface area contributed by atoms with Crippen LogP contribution in [0.2, 0.25) is 0 Å². The number of para-hydroxylation sites is 1. The molecule has 3 rings (SSSR count). The zero-order chi connectivity index (χ0) is 18.7. The summed E-state index contributed by atoms with van der Waals surface area (Å²) in [6.07, 6.45) is 2.25. The molecule has 0 saturated heterocycles. The summed E-state index contributed by atoms with van der Waals surface area (Å²) in [6, 6.07) is 8.80. The van der Waals surface area contributed by atoms with E-state index < -0.39 is 10.8 Å². The molecule has 1 amide bonds. The molecule has 0 spiro atoms. The molecule has 0 fully saturated rings. The van der Waals surface area contributed by atoms with Gasteiger partial charge in [0.1, 0.15) is 5.76 Å². The van der Waals surface area contributed by atoms with Gasteiger partial charge in [0.2, 0.25) is 0 Å². The van der Waals surface area contributed by atoms with Crippen molar-refractivity contribution >= 4 is 17.4 Å². The molecule has 0 aliphatic rings. The number of carbonyl (C=O) groups excluding carboxylic acids is 1. The maximum absolute atomic E-state index is 12.6. The van der Waals surface area contributed by atoms with Crippen LogP contribution in [0.15, 0.2) is 41.1 Å². The summed E-state index contributed by atoms with van der Waals surface area (Å²) >= 11 is 0. The first-order valence-corrected chi connectivity index (χ1v) is 8.01. The van der Waals surface area contributed by atoms with E-state index in [9.17, 15) is 14.9 Å². The van der Waals surface area contributed by atoms with Crippen LogP contribution >= 0.6 is 0 Å². The van der Waals surface area contributed by atoms with Crippen molar-refractivity contribution in [2.75, 3.05) is 5.32 Å². The van der Waals surface area contributed by atoms with Crippen molar-refractivity contribution in [1.29, 1.82) is 0 Å². The van der Waals surface area contributed by atoms with Crippen LogP contribution in [-0.2, 0) is 13.0 Å². The number of benzene rings is 1. The number of hydrogen-bond acceptors (Lipinski definition) is 6. The second kappa shape index (κ2) is 7.18. The lowest BCUT2D eigenvalue weighted by Gasteiger charge is -2.09. The summed E-state index contributed by atoms with van der Waals surface area (Å²) in [5.41, 5.74) is 2.37. The number of hydrogen-bond donors (Lipinski definition) is 1. The third-order valence-corrected chi connectivity index (χ3v) is 3.98. The average molecular weight is 355 g/mol. The van der Waals surface area contributed by atoms with Gasteiger partial charge in [-0.2, -0.15) is 4.68 Å². The van der Waals surface area contributed by atoms with Gasteiger partial charge in [0.15, 0.2) is 5.69 Å². The quantitative estimate of drug-likeness (QED) is 0.537. The maximum Gasteiger partial charge on any atom is 0.389 e. The minimum absolute atomic E-state index is 0.131. The summed E-state index contributed by atoms with van der Waals surface area (Å²) in [6.45, 7) is 3.82. The van der Waals surface area contributed by atoms with Crippen LogP contribution in [0.25, 0.3) is 0 Å². The normalized spacial score (nSPS) is 10.7. The molecule has 9 nitrogen and oxygen atoms in total. The van der Waals surface area contributed by atoms with Gasteiger partial charge in [-0.3, -0.25) is 4.79 Å². The largest absolute Gasteiger partial charge is 0.389 e. The van der Waals surface area contributed by atoms with Crippen molar-refractivity contribution in [3.05, 3.63) is 69.2 Å². The van der Waals surface area contributed by atoms with E-state index in [-0.39, 0.29) is 18.1 Å². The standard InChI is InChI=1S/C17H17N5O4/c1-3-12-6-4-5-7-14(12)18-17(23)16-13(11(2)26-20-16)10-21-9-8-15(19-21)22(24)25/h4-9H,3,10H2,1-2H3,(H,18,23). The number of anilines is 1. The fraction of sp³-hybridized carbons (Fsp3) is 0.235. The fourth-order valence-corrected chi connectivity index (χ4v) is 2.59. The molecule has 0 aliphatic carbocycles. The van der Waals surface area contributed by atoms with Crippen molar-refractivity contribution in [2.24, 2.45) is 0 Å². The van der Waals surface area contributed by atoms with E-state index in [2.05, 4.69) is 15.6 Å². The summed E-state index contributed by atoms with van der Waals surface area (Å²) in [7, 11) is 0. The van der Waals surface area contributed by atoms with Crippen LogP contribution in [-0.4, -0.2) is 25.8 Å². The summed E-state index contributed by atoms with van der Waals surface area (Å²) in [5, 5.41) is 21.3. The number of aryl methyl sites for hydroxylation is 2. The highest BCUT2D eigenvalue weighted by molar-refractivity contribution is 6.04. The molecule has 3 aromatic rings. The molecule has 1 N–H and O–H groups in total. The van der Waals surface area contributed by atoms with E-state index in [4.69, 9.17) is 4.52 Å². The van der Waals surface area contributed by atoms with Gasteiger partial charge in [-0.1, -0.05) is 30.3 Å². The molecule has 0 radical (unpaired) electrons. The van der Waals surface area contributed by atoms with Crippen LogP contribution in [0, 0.1) is 17.0 Å². The predicted octanol–water partition coefficient (Wildman–Crippen LogP) is 2.95. The number of nitro groups is 1. The van der Waals surface area contributed by atoms with Crippen LogP contribution in [0.1, 0.15) is 34.3 Å². The Morgan fingerprint density at radius 1 is 1.35 bits per heavy atom. The van der Waals surface area contributed by atoms with E-state index in [0.717, 1.165) is 12.0 Å². The topological polar surface area (TPSA) is 116 Å². The Balaban J connectivity index is 1.84. The van der Waals surface area contributed by atoms with Crippen molar-refractivity contribution in [1.82, 2.24) is 14.9 Å². The molecule has 0 aliphatic heterocycles. The van der Waals surface area contributed by atoms with Gasteiger partial charge < -0.3 is 20.0 Å². The van der Waals surface area contributed by atoms with Crippen molar-refractivity contribution < 1.29 is 14.2 Å². The minimum Gasteiger partial charge on any atom is -0.361 e. The molecular weight excluding hydrogens is 338 g/mol. The summed E-state index contributed by atoms with van der Waals surface area (Å²) < 4.78 is 6.52. The number of carbonyl (C=O) groups is 1. The first kappa shape index (κ1) is 17.3. The molecule has 9 heteroatoms. The van der Waals surface area contributed by atoms with Crippen LogP contribution in [0.5, 0.6) is 0 Å². The molecular formula is C17H17N5O4. The lowest BCUT2D eigenvalue weighted by atomic mass is 10.1. The Morgan fingerprint density at radius 3 is 2.81 bits per heavy atom. The molecule has 1 aromatic carbocycles. The van der Waals surface area contributed by atoms with Crippen molar-refractivity contribution in [2.45, 2.75) is 26.8 Å². The van der Waals surface area contributed by atoms with Gasteiger partial charge >= 0.3 is 5.82 Å². The highest BCUT2D eigenvalue weighted by atomic mass is 16.6. The Kier molecular flexibility index (Phi) is 4.78. The smallest absolute Gasteiger partial charge is 0.361 e. The Bertz CT molecular complexity index is 960. The number of aromatic nitrogens is 3. The van der Waals surface area contributed by atoms with E-state index >= 15 is 0 Å². The molecule has 0 atom stereocenters. The zero-order valence-corrected chi connectivity index (χ0v) is 14.3. The van der Waals surface area contributed by atoms with Gasteiger partial charge in [0.05, 0.1) is 29.5 Å². The lowest BCUT2D eigenvalue weighted by Crippen LogP contribution is -2.17.